The summed E-state index contributed by atoms with van der Waals surface area (Å²) in [6.45, 7) is 0.323. The first-order valence-electron chi connectivity index (χ1n) is 6.59. The van der Waals surface area contributed by atoms with Gasteiger partial charge >= 0.3 is 0 Å². The number of carbonyl (C=O) groups is 1. The Bertz CT molecular complexity index is 808. The van der Waals surface area contributed by atoms with Crippen molar-refractivity contribution in [1.29, 1.82) is 0 Å². The molecule has 0 saturated carbocycles. The highest BCUT2D eigenvalue weighted by atomic mass is 32.1. The summed E-state index contributed by atoms with van der Waals surface area (Å²) in [6, 6.07) is 8.55. The van der Waals surface area contributed by atoms with E-state index in [1.54, 1.807) is 35.9 Å². The molecule has 22 heavy (non-hydrogen) atoms. The SMILES string of the molecule is O=C(Cn1nc(-n2cccn2)ccc1=O)NCc1cccs1. The number of nitrogens with one attached hydrogen (secondary N) is 1. The molecule has 3 aromatic rings. The minimum absolute atomic E-state index is 0.126. The fraction of sp³-hybridized carbons (Fsp3) is 0.143. The van der Waals surface area contributed by atoms with Crippen LogP contribution in [0.3, 0.4) is 0 Å². The summed E-state index contributed by atoms with van der Waals surface area (Å²) in [4.78, 5) is 24.8. The first-order chi connectivity index (χ1) is 10.7. The summed E-state index contributed by atoms with van der Waals surface area (Å²) >= 11 is 1.56. The van der Waals surface area contributed by atoms with Crippen molar-refractivity contribution < 1.29 is 4.79 Å². The maximum atomic E-state index is 11.9. The average Bonchev–Trinajstić information content (AvgIpc) is 3.21. The predicted octanol–water partition coefficient (Wildman–Crippen LogP) is 0.807. The summed E-state index contributed by atoms with van der Waals surface area (Å²) in [5.74, 6) is 0.219. The van der Waals surface area contributed by atoms with Crippen LogP contribution in [0.5, 0.6) is 0 Å². The fourth-order valence-electron chi connectivity index (χ4n) is 1.87. The lowest BCUT2D eigenvalue weighted by Crippen LogP contribution is -2.33. The molecule has 0 atom stereocenters. The molecule has 1 N–H and O–H groups in total. The van der Waals surface area contributed by atoms with Gasteiger partial charge in [-0.1, -0.05) is 6.07 Å². The smallest absolute Gasteiger partial charge is 0.267 e. The van der Waals surface area contributed by atoms with Crippen molar-refractivity contribution in [3.05, 3.63) is 63.3 Å². The van der Waals surface area contributed by atoms with Crippen LogP contribution in [0.15, 0.2) is 52.9 Å². The number of hydrogen-bond donors (Lipinski definition) is 1. The third-order valence-corrected chi connectivity index (χ3v) is 3.80. The zero-order chi connectivity index (χ0) is 15.4. The Morgan fingerprint density at radius 3 is 2.91 bits per heavy atom. The van der Waals surface area contributed by atoms with Crippen LogP contribution in [0.2, 0.25) is 0 Å². The molecule has 0 aliphatic heterocycles. The van der Waals surface area contributed by atoms with Crippen LogP contribution in [0.4, 0.5) is 0 Å². The number of aromatic nitrogens is 4. The molecule has 0 spiro atoms. The quantitative estimate of drug-likeness (QED) is 0.755. The van der Waals surface area contributed by atoms with Gasteiger partial charge in [0.15, 0.2) is 5.82 Å². The number of carbonyl (C=O) groups excluding carboxylic acids is 1. The van der Waals surface area contributed by atoms with Gasteiger partial charge < -0.3 is 5.32 Å². The monoisotopic (exact) mass is 315 g/mol. The van der Waals surface area contributed by atoms with E-state index in [-0.39, 0.29) is 18.0 Å². The van der Waals surface area contributed by atoms with Crippen LogP contribution in [0.25, 0.3) is 5.82 Å². The van der Waals surface area contributed by atoms with E-state index in [9.17, 15) is 9.59 Å². The van der Waals surface area contributed by atoms with E-state index in [0.717, 1.165) is 9.56 Å². The molecule has 0 aromatic carbocycles. The van der Waals surface area contributed by atoms with Crippen molar-refractivity contribution >= 4 is 17.2 Å². The Balaban J connectivity index is 1.70. The Hall–Kier alpha value is -2.74. The Kier molecular flexibility index (Phi) is 4.10. The Morgan fingerprint density at radius 1 is 1.27 bits per heavy atom. The second-order valence-electron chi connectivity index (χ2n) is 4.49. The summed E-state index contributed by atoms with van der Waals surface area (Å²) in [5.41, 5.74) is -0.331. The molecule has 0 radical (unpaired) electrons. The molecule has 0 bridgehead atoms. The molecule has 0 saturated heterocycles. The Labute approximate surface area is 129 Å². The fourth-order valence-corrected chi connectivity index (χ4v) is 2.51. The number of thiophene rings is 1. The van der Waals surface area contributed by atoms with Gasteiger partial charge in [-0.15, -0.1) is 16.4 Å². The summed E-state index contributed by atoms with van der Waals surface area (Å²) < 4.78 is 2.65. The summed E-state index contributed by atoms with van der Waals surface area (Å²) in [7, 11) is 0. The lowest BCUT2D eigenvalue weighted by atomic mass is 10.4. The standard InChI is InChI=1S/C14H13N5O2S/c20-13(15-9-11-3-1-8-22-11)10-19-14(21)5-4-12(17-19)18-7-2-6-16-18/h1-8H,9-10H2,(H,15,20). The highest BCUT2D eigenvalue weighted by molar-refractivity contribution is 7.09. The van der Waals surface area contributed by atoms with Gasteiger partial charge in [0.05, 0.1) is 6.54 Å². The zero-order valence-corrected chi connectivity index (χ0v) is 12.4. The van der Waals surface area contributed by atoms with Crippen LogP contribution in [0.1, 0.15) is 4.88 Å². The van der Waals surface area contributed by atoms with Crippen molar-refractivity contribution in [3.63, 3.8) is 0 Å². The van der Waals surface area contributed by atoms with E-state index in [4.69, 9.17) is 0 Å². The highest BCUT2D eigenvalue weighted by Crippen LogP contribution is 2.07. The molecular formula is C14H13N5O2S. The van der Waals surface area contributed by atoms with Crippen molar-refractivity contribution in [2.75, 3.05) is 0 Å². The minimum Gasteiger partial charge on any atom is -0.350 e. The van der Waals surface area contributed by atoms with Gasteiger partial charge in [-0.2, -0.15) is 5.10 Å². The van der Waals surface area contributed by atoms with E-state index in [0.29, 0.717) is 12.4 Å². The van der Waals surface area contributed by atoms with Crippen molar-refractivity contribution in [2.24, 2.45) is 0 Å². The Morgan fingerprint density at radius 2 is 2.18 bits per heavy atom. The molecule has 3 aromatic heterocycles. The van der Waals surface area contributed by atoms with Gasteiger partial charge in [-0.3, -0.25) is 9.59 Å². The topological polar surface area (TPSA) is 81.8 Å². The molecule has 112 valence electrons. The third kappa shape index (κ3) is 3.29. The van der Waals surface area contributed by atoms with Gasteiger partial charge in [-0.05, 0) is 23.6 Å². The summed E-state index contributed by atoms with van der Waals surface area (Å²) in [6.07, 6.45) is 3.33. The van der Waals surface area contributed by atoms with Crippen LogP contribution in [0, 0.1) is 0 Å². The molecule has 1 amide bonds. The van der Waals surface area contributed by atoms with Crippen molar-refractivity contribution in [1.82, 2.24) is 24.9 Å². The second-order valence-corrected chi connectivity index (χ2v) is 5.53. The van der Waals surface area contributed by atoms with Crippen molar-refractivity contribution in [2.45, 2.75) is 13.1 Å². The molecule has 0 aliphatic carbocycles. The van der Waals surface area contributed by atoms with Crippen LogP contribution in [-0.2, 0) is 17.9 Å². The number of amides is 1. The summed E-state index contributed by atoms with van der Waals surface area (Å²) in [5, 5.41) is 12.9. The van der Waals surface area contributed by atoms with E-state index in [1.165, 1.54) is 10.7 Å². The lowest BCUT2D eigenvalue weighted by Gasteiger charge is -2.07. The molecule has 3 heterocycles. The molecule has 0 unspecified atom stereocenters. The van der Waals surface area contributed by atoms with E-state index in [2.05, 4.69) is 15.5 Å². The number of rotatable bonds is 5. The first kappa shape index (κ1) is 14.2. The van der Waals surface area contributed by atoms with Gasteiger partial charge in [0.1, 0.15) is 6.54 Å². The van der Waals surface area contributed by atoms with Gasteiger partial charge in [0, 0.05) is 23.3 Å². The van der Waals surface area contributed by atoms with E-state index < -0.39 is 0 Å². The maximum Gasteiger partial charge on any atom is 0.267 e. The van der Waals surface area contributed by atoms with Crippen LogP contribution < -0.4 is 10.9 Å². The normalized spacial score (nSPS) is 10.5. The molecule has 8 heteroatoms. The van der Waals surface area contributed by atoms with Gasteiger partial charge in [0.2, 0.25) is 5.91 Å². The molecule has 0 aliphatic rings. The number of hydrogen-bond acceptors (Lipinski definition) is 5. The van der Waals surface area contributed by atoms with E-state index in [1.807, 2.05) is 17.5 Å². The molecule has 0 fully saturated rings. The molecular weight excluding hydrogens is 302 g/mol. The molecule has 3 rings (SSSR count). The van der Waals surface area contributed by atoms with Gasteiger partial charge in [-0.25, -0.2) is 9.36 Å². The van der Waals surface area contributed by atoms with E-state index >= 15 is 0 Å². The second kappa shape index (κ2) is 6.35. The minimum atomic E-state index is -0.331. The van der Waals surface area contributed by atoms with Crippen LogP contribution in [-0.4, -0.2) is 25.5 Å². The highest BCUT2D eigenvalue weighted by Gasteiger charge is 2.08. The first-order valence-corrected chi connectivity index (χ1v) is 7.47. The average molecular weight is 315 g/mol. The third-order valence-electron chi connectivity index (χ3n) is 2.92. The maximum absolute atomic E-state index is 11.9. The zero-order valence-electron chi connectivity index (χ0n) is 11.5. The number of nitrogens with zero attached hydrogens (tertiary/aromatic N) is 4. The van der Waals surface area contributed by atoms with Crippen molar-refractivity contribution in [3.8, 4) is 5.82 Å². The predicted molar refractivity (Wildman–Crippen MR) is 81.8 cm³/mol. The lowest BCUT2D eigenvalue weighted by molar-refractivity contribution is -0.122. The largest absolute Gasteiger partial charge is 0.350 e. The molecule has 7 nitrogen and oxygen atoms in total. The van der Waals surface area contributed by atoms with Crippen LogP contribution >= 0.6 is 11.3 Å². The van der Waals surface area contributed by atoms with Gasteiger partial charge in [0.25, 0.3) is 5.56 Å².